The molecule has 0 unspecified atom stereocenters. The molecule has 1 saturated carbocycles. The largest absolute Gasteiger partial charge is 0.506 e. The van der Waals surface area contributed by atoms with Crippen LogP contribution in [0.2, 0.25) is 0 Å². The molecule has 1 N–H and O–H groups in total. The minimum Gasteiger partial charge on any atom is -0.506 e. The molecule has 2 aromatic rings. The van der Waals surface area contributed by atoms with E-state index in [1.807, 2.05) is 0 Å². The van der Waals surface area contributed by atoms with E-state index in [9.17, 15) is 9.50 Å². The highest BCUT2D eigenvalue weighted by Gasteiger charge is 2.24. The molecular weight excluding hydrogens is 205 g/mol. The van der Waals surface area contributed by atoms with Crippen molar-refractivity contribution in [2.75, 3.05) is 0 Å². The van der Waals surface area contributed by atoms with Gasteiger partial charge >= 0.3 is 0 Å². The van der Waals surface area contributed by atoms with E-state index in [0.29, 0.717) is 11.4 Å². The Morgan fingerprint density at radius 2 is 2.06 bits per heavy atom. The molecule has 0 amide bonds. The average Bonchev–Trinajstić information content (AvgIpc) is 2.17. The van der Waals surface area contributed by atoms with Crippen molar-refractivity contribution >= 4 is 10.9 Å². The molecule has 1 aromatic carbocycles. The van der Waals surface area contributed by atoms with Crippen LogP contribution in [-0.2, 0) is 0 Å². The van der Waals surface area contributed by atoms with Crippen LogP contribution in [0, 0.1) is 5.82 Å². The molecule has 3 rings (SSSR count). The molecule has 1 aliphatic rings. The van der Waals surface area contributed by atoms with Crippen LogP contribution >= 0.6 is 0 Å². The van der Waals surface area contributed by atoms with E-state index in [4.69, 9.17) is 0 Å². The van der Waals surface area contributed by atoms with Gasteiger partial charge in [0.2, 0.25) is 0 Å². The molecule has 0 spiro atoms. The van der Waals surface area contributed by atoms with Gasteiger partial charge in [-0.3, -0.25) is 0 Å². The zero-order chi connectivity index (χ0) is 11.1. The summed E-state index contributed by atoms with van der Waals surface area (Å²) in [4.78, 5) is 4.37. The first-order chi connectivity index (χ1) is 7.74. The number of aromatic hydroxyl groups is 1. The summed E-state index contributed by atoms with van der Waals surface area (Å²) in [6.45, 7) is 0. The lowest BCUT2D eigenvalue weighted by Crippen LogP contribution is -2.10. The average molecular weight is 217 g/mol. The van der Waals surface area contributed by atoms with Gasteiger partial charge in [-0.25, -0.2) is 9.37 Å². The van der Waals surface area contributed by atoms with Crippen molar-refractivity contribution < 1.29 is 9.50 Å². The molecule has 0 bridgehead atoms. The van der Waals surface area contributed by atoms with E-state index in [2.05, 4.69) is 4.98 Å². The normalized spacial score (nSPS) is 16.3. The number of hydrogen-bond donors (Lipinski definition) is 1. The third-order valence-corrected chi connectivity index (χ3v) is 3.28. The maximum absolute atomic E-state index is 13.1. The van der Waals surface area contributed by atoms with Crippen LogP contribution in [0.25, 0.3) is 10.9 Å². The molecule has 3 heteroatoms. The Bertz CT molecular complexity index is 549. The minimum absolute atomic E-state index is 0.240. The van der Waals surface area contributed by atoms with Gasteiger partial charge in [0.15, 0.2) is 0 Å². The van der Waals surface area contributed by atoms with E-state index in [-0.39, 0.29) is 11.6 Å². The Morgan fingerprint density at radius 3 is 2.75 bits per heavy atom. The number of rotatable bonds is 1. The first-order valence-electron chi connectivity index (χ1n) is 5.53. The molecule has 1 aromatic heterocycles. The standard InChI is InChI=1S/C13H12FNO/c14-10-5-4-9-6-12(16)13(8-2-1-3-8)15-11(9)7-10/h4-8,16H,1-3H2. The van der Waals surface area contributed by atoms with Crippen LogP contribution in [-0.4, -0.2) is 10.1 Å². The fourth-order valence-corrected chi connectivity index (χ4v) is 2.13. The van der Waals surface area contributed by atoms with Gasteiger partial charge in [0, 0.05) is 17.4 Å². The zero-order valence-electron chi connectivity index (χ0n) is 8.78. The van der Waals surface area contributed by atoms with Crippen LogP contribution in [0.3, 0.4) is 0 Å². The van der Waals surface area contributed by atoms with Crippen molar-refractivity contribution in [2.45, 2.75) is 25.2 Å². The van der Waals surface area contributed by atoms with Crippen molar-refractivity contribution in [2.24, 2.45) is 0 Å². The minimum atomic E-state index is -0.287. The first kappa shape index (κ1) is 9.58. The topological polar surface area (TPSA) is 33.1 Å². The molecule has 0 atom stereocenters. The lowest BCUT2D eigenvalue weighted by Gasteiger charge is -2.25. The van der Waals surface area contributed by atoms with Gasteiger partial charge in [-0.05, 0) is 31.0 Å². The maximum Gasteiger partial charge on any atom is 0.138 e. The van der Waals surface area contributed by atoms with Crippen LogP contribution < -0.4 is 0 Å². The smallest absolute Gasteiger partial charge is 0.138 e. The monoisotopic (exact) mass is 217 g/mol. The van der Waals surface area contributed by atoms with E-state index in [1.54, 1.807) is 12.1 Å². The molecule has 82 valence electrons. The number of benzene rings is 1. The summed E-state index contributed by atoms with van der Waals surface area (Å²) in [5.74, 6) is 0.307. The third-order valence-electron chi connectivity index (χ3n) is 3.28. The summed E-state index contributed by atoms with van der Waals surface area (Å²) in [5.41, 5.74) is 1.35. The maximum atomic E-state index is 13.1. The van der Waals surface area contributed by atoms with E-state index < -0.39 is 0 Å². The van der Waals surface area contributed by atoms with Gasteiger partial charge in [0.25, 0.3) is 0 Å². The summed E-state index contributed by atoms with van der Waals surface area (Å²) in [7, 11) is 0. The molecule has 0 saturated heterocycles. The van der Waals surface area contributed by atoms with Gasteiger partial charge in [-0.1, -0.05) is 6.42 Å². The van der Waals surface area contributed by atoms with Crippen molar-refractivity contribution in [3.8, 4) is 5.75 Å². The van der Waals surface area contributed by atoms with E-state index in [0.717, 1.165) is 23.9 Å². The predicted molar refractivity (Wildman–Crippen MR) is 60.0 cm³/mol. The second kappa shape index (κ2) is 3.44. The second-order valence-electron chi connectivity index (χ2n) is 4.36. The van der Waals surface area contributed by atoms with Crippen LogP contribution in [0.1, 0.15) is 30.9 Å². The number of fused-ring (bicyclic) bond motifs is 1. The predicted octanol–water partition coefficient (Wildman–Crippen LogP) is 3.35. The Morgan fingerprint density at radius 1 is 1.25 bits per heavy atom. The number of pyridine rings is 1. The Balaban J connectivity index is 2.18. The lowest BCUT2D eigenvalue weighted by molar-refractivity contribution is 0.385. The second-order valence-corrected chi connectivity index (χ2v) is 4.36. The molecule has 2 nitrogen and oxygen atoms in total. The van der Waals surface area contributed by atoms with Crippen LogP contribution in [0.5, 0.6) is 5.75 Å². The summed E-state index contributed by atoms with van der Waals surface area (Å²) in [6, 6.07) is 6.11. The highest BCUT2D eigenvalue weighted by atomic mass is 19.1. The Labute approximate surface area is 92.7 Å². The van der Waals surface area contributed by atoms with Crippen LogP contribution in [0.15, 0.2) is 24.3 Å². The molecule has 0 radical (unpaired) electrons. The number of hydrogen-bond acceptors (Lipinski definition) is 2. The van der Waals surface area contributed by atoms with Gasteiger partial charge in [-0.2, -0.15) is 0 Å². The summed E-state index contributed by atoms with van der Waals surface area (Å²) >= 11 is 0. The highest BCUT2D eigenvalue weighted by Crippen LogP contribution is 2.40. The zero-order valence-corrected chi connectivity index (χ0v) is 8.78. The quantitative estimate of drug-likeness (QED) is 0.794. The van der Waals surface area contributed by atoms with Crippen molar-refractivity contribution in [1.82, 2.24) is 4.98 Å². The molecule has 1 heterocycles. The van der Waals surface area contributed by atoms with Gasteiger partial charge in [0.1, 0.15) is 11.6 Å². The lowest BCUT2D eigenvalue weighted by atomic mass is 9.82. The molecule has 0 aliphatic heterocycles. The van der Waals surface area contributed by atoms with E-state index in [1.165, 1.54) is 18.6 Å². The van der Waals surface area contributed by atoms with Gasteiger partial charge < -0.3 is 5.11 Å². The van der Waals surface area contributed by atoms with Crippen molar-refractivity contribution in [1.29, 1.82) is 0 Å². The summed E-state index contributed by atoms with van der Waals surface area (Å²) in [5, 5.41) is 10.6. The molecule has 16 heavy (non-hydrogen) atoms. The van der Waals surface area contributed by atoms with Gasteiger partial charge in [0.05, 0.1) is 11.2 Å². The third kappa shape index (κ3) is 1.43. The number of nitrogens with zero attached hydrogens (tertiary/aromatic N) is 1. The van der Waals surface area contributed by atoms with Crippen LogP contribution in [0.4, 0.5) is 4.39 Å². The fourth-order valence-electron chi connectivity index (χ4n) is 2.13. The number of aromatic nitrogens is 1. The first-order valence-corrected chi connectivity index (χ1v) is 5.53. The number of halogens is 1. The van der Waals surface area contributed by atoms with E-state index >= 15 is 0 Å². The highest BCUT2D eigenvalue weighted by molar-refractivity contribution is 5.80. The van der Waals surface area contributed by atoms with Crippen molar-refractivity contribution in [3.05, 3.63) is 35.8 Å². The molecule has 1 fully saturated rings. The fraction of sp³-hybridized carbons (Fsp3) is 0.308. The Hall–Kier alpha value is -1.64. The summed E-state index contributed by atoms with van der Waals surface area (Å²) in [6.07, 6.45) is 3.33. The summed E-state index contributed by atoms with van der Waals surface area (Å²) < 4.78 is 13.1. The Kier molecular flexibility index (Phi) is 2.06. The molecule has 1 aliphatic carbocycles. The van der Waals surface area contributed by atoms with Crippen molar-refractivity contribution in [3.63, 3.8) is 0 Å². The SMILES string of the molecule is Oc1cc2ccc(F)cc2nc1C1CCC1. The van der Waals surface area contributed by atoms with Gasteiger partial charge in [-0.15, -0.1) is 0 Å². The molecular formula is C13H12FNO.